The number of nitrogens with zero attached hydrogens (tertiary/aromatic N) is 4. The first-order chi connectivity index (χ1) is 10.0. The Morgan fingerprint density at radius 1 is 1.43 bits per heavy atom. The standard InChI is InChI=1S/C11H19N7O2S/c1-9-11(10(8-12-2)16-15-9)21(19,20)14-4-3-6-18-7-5-13-17-18/h5,7,12,14H,3-4,6,8H2,1-2H3,(H,15,16). The van der Waals surface area contributed by atoms with Gasteiger partial charge in [0, 0.05) is 25.8 Å². The molecular weight excluding hydrogens is 294 g/mol. The topological polar surface area (TPSA) is 118 Å². The summed E-state index contributed by atoms with van der Waals surface area (Å²) in [6.07, 6.45) is 3.95. The molecule has 2 rings (SSSR count). The van der Waals surface area contributed by atoms with Crippen LogP contribution in [0.15, 0.2) is 17.3 Å². The third-order valence-corrected chi connectivity index (χ3v) is 4.57. The highest BCUT2D eigenvalue weighted by Gasteiger charge is 2.23. The van der Waals surface area contributed by atoms with Crippen LogP contribution in [0.5, 0.6) is 0 Å². The van der Waals surface area contributed by atoms with Gasteiger partial charge in [0.25, 0.3) is 0 Å². The van der Waals surface area contributed by atoms with E-state index in [1.54, 1.807) is 31.0 Å². The fourth-order valence-electron chi connectivity index (χ4n) is 1.98. The van der Waals surface area contributed by atoms with Crippen LogP contribution in [0, 0.1) is 6.92 Å². The molecule has 0 aromatic carbocycles. The second kappa shape index (κ2) is 6.78. The molecule has 2 heterocycles. The Bertz CT molecular complexity index is 663. The molecule has 0 atom stereocenters. The van der Waals surface area contributed by atoms with Crippen molar-refractivity contribution in [2.24, 2.45) is 0 Å². The zero-order valence-electron chi connectivity index (χ0n) is 12.0. The van der Waals surface area contributed by atoms with E-state index in [4.69, 9.17) is 0 Å². The van der Waals surface area contributed by atoms with Gasteiger partial charge in [-0.2, -0.15) is 5.10 Å². The Balaban J connectivity index is 1.96. The molecule has 2 aromatic heterocycles. The lowest BCUT2D eigenvalue weighted by molar-refractivity contribution is 0.541. The number of aryl methyl sites for hydroxylation is 2. The second-order valence-corrected chi connectivity index (χ2v) is 6.28. The maximum Gasteiger partial charge on any atom is 0.244 e. The molecule has 0 fully saturated rings. The first kappa shape index (κ1) is 15.6. The summed E-state index contributed by atoms with van der Waals surface area (Å²) in [6, 6.07) is 0. The van der Waals surface area contributed by atoms with Crippen molar-refractivity contribution in [3.63, 3.8) is 0 Å². The maximum absolute atomic E-state index is 12.3. The van der Waals surface area contributed by atoms with Crippen LogP contribution in [0.25, 0.3) is 0 Å². The summed E-state index contributed by atoms with van der Waals surface area (Å²) in [5.41, 5.74) is 1.02. The normalized spacial score (nSPS) is 11.9. The zero-order chi connectivity index (χ0) is 15.3. The smallest absolute Gasteiger partial charge is 0.244 e. The van der Waals surface area contributed by atoms with Crippen LogP contribution in [-0.2, 0) is 23.1 Å². The summed E-state index contributed by atoms with van der Waals surface area (Å²) in [6.45, 7) is 3.01. The van der Waals surface area contributed by atoms with E-state index in [2.05, 4.69) is 30.5 Å². The van der Waals surface area contributed by atoms with Crippen molar-refractivity contribution in [3.05, 3.63) is 23.8 Å². The molecule has 0 aliphatic carbocycles. The number of H-pyrrole nitrogens is 1. The minimum absolute atomic E-state index is 0.220. The quantitative estimate of drug-likeness (QED) is 0.560. The summed E-state index contributed by atoms with van der Waals surface area (Å²) in [7, 11) is -1.83. The molecule has 21 heavy (non-hydrogen) atoms. The Labute approximate surface area is 123 Å². The van der Waals surface area contributed by atoms with Crippen LogP contribution >= 0.6 is 0 Å². The summed E-state index contributed by atoms with van der Waals surface area (Å²) in [5, 5.41) is 17.1. The molecule has 0 saturated carbocycles. The van der Waals surface area contributed by atoms with E-state index in [0.29, 0.717) is 37.4 Å². The lowest BCUT2D eigenvalue weighted by Gasteiger charge is -2.08. The van der Waals surface area contributed by atoms with E-state index in [-0.39, 0.29) is 4.90 Å². The van der Waals surface area contributed by atoms with E-state index in [1.807, 2.05) is 0 Å². The van der Waals surface area contributed by atoms with E-state index < -0.39 is 10.0 Å². The average molecular weight is 313 g/mol. The van der Waals surface area contributed by atoms with Crippen molar-refractivity contribution in [2.75, 3.05) is 13.6 Å². The first-order valence-electron chi connectivity index (χ1n) is 6.57. The van der Waals surface area contributed by atoms with E-state index in [9.17, 15) is 8.42 Å². The van der Waals surface area contributed by atoms with Crippen LogP contribution in [0.3, 0.4) is 0 Å². The number of sulfonamides is 1. The molecule has 10 heteroatoms. The minimum atomic E-state index is -3.57. The van der Waals surface area contributed by atoms with Crippen LogP contribution in [-0.4, -0.2) is 47.2 Å². The number of hydrogen-bond donors (Lipinski definition) is 3. The number of hydrogen-bond acceptors (Lipinski definition) is 6. The highest BCUT2D eigenvalue weighted by atomic mass is 32.2. The fraction of sp³-hybridized carbons (Fsp3) is 0.545. The largest absolute Gasteiger partial charge is 0.314 e. The van der Waals surface area contributed by atoms with Gasteiger partial charge in [0.05, 0.1) is 17.6 Å². The summed E-state index contributed by atoms with van der Waals surface area (Å²) in [5.74, 6) is 0. The predicted molar refractivity (Wildman–Crippen MR) is 75.9 cm³/mol. The lowest BCUT2D eigenvalue weighted by Crippen LogP contribution is -2.27. The Hall–Kier alpha value is -1.78. The highest BCUT2D eigenvalue weighted by molar-refractivity contribution is 7.89. The van der Waals surface area contributed by atoms with Crippen LogP contribution in [0.4, 0.5) is 0 Å². The maximum atomic E-state index is 12.3. The highest BCUT2D eigenvalue weighted by Crippen LogP contribution is 2.17. The van der Waals surface area contributed by atoms with Crippen molar-refractivity contribution in [1.82, 2.24) is 35.2 Å². The van der Waals surface area contributed by atoms with E-state index in [1.165, 1.54) is 0 Å². The molecular formula is C11H19N7O2S. The van der Waals surface area contributed by atoms with Gasteiger partial charge in [-0.3, -0.25) is 9.78 Å². The van der Waals surface area contributed by atoms with Crippen LogP contribution in [0.1, 0.15) is 17.8 Å². The SMILES string of the molecule is CNCc1n[nH]c(C)c1S(=O)(=O)NCCCn1ccnn1. The monoisotopic (exact) mass is 313 g/mol. The lowest BCUT2D eigenvalue weighted by atomic mass is 10.4. The van der Waals surface area contributed by atoms with Crippen molar-refractivity contribution < 1.29 is 8.42 Å². The third-order valence-electron chi connectivity index (χ3n) is 2.90. The van der Waals surface area contributed by atoms with Gasteiger partial charge in [-0.1, -0.05) is 5.21 Å². The molecule has 116 valence electrons. The first-order valence-corrected chi connectivity index (χ1v) is 8.05. The Morgan fingerprint density at radius 3 is 2.90 bits per heavy atom. The fourth-order valence-corrected chi connectivity index (χ4v) is 3.42. The molecule has 0 aliphatic rings. The van der Waals surface area contributed by atoms with Crippen molar-refractivity contribution in [3.8, 4) is 0 Å². The Morgan fingerprint density at radius 2 is 2.24 bits per heavy atom. The molecule has 0 radical (unpaired) electrons. The van der Waals surface area contributed by atoms with Crippen LogP contribution in [0.2, 0.25) is 0 Å². The number of nitrogens with one attached hydrogen (secondary N) is 3. The van der Waals surface area contributed by atoms with Crippen molar-refractivity contribution in [1.29, 1.82) is 0 Å². The molecule has 0 aliphatic heterocycles. The van der Waals surface area contributed by atoms with Crippen molar-refractivity contribution >= 4 is 10.0 Å². The molecule has 0 unspecified atom stereocenters. The van der Waals surface area contributed by atoms with Gasteiger partial charge < -0.3 is 5.32 Å². The van der Waals surface area contributed by atoms with Gasteiger partial charge >= 0.3 is 0 Å². The van der Waals surface area contributed by atoms with E-state index in [0.717, 1.165) is 0 Å². The van der Waals surface area contributed by atoms with E-state index >= 15 is 0 Å². The predicted octanol–water partition coefficient (Wildman–Crippen LogP) is -0.602. The summed E-state index contributed by atoms with van der Waals surface area (Å²) in [4.78, 5) is 0.220. The molecule has 0 amide bonds. The van der Waals surface area contributed by atoms with Gasteiger partial charge in [-0.25, -0.2) is 13.1 Å². The average Bonchev–Trinajstić information content (AvgIpc) is 3.05. The van der Waals surface area contributed by atoms with Crippen molar-refractivity contribution in [2.45, 2.75) is 31.3 Å². The molecule has 3 N–H and O–H groups in total. The number of rotatable bonds is 8. The minimum Gasteiger partial charge on any atom is -0.314 e. The second-order valence-electron chi connectivity index (χ2n) is 4.57. The zero-order valence-corrected chi connectivity index (χ0v) is 12.8. The summed E-state index contributed by atoms with van der Waals surface area (Å²) < 4.78 is 28.9. The van der Waals surface area contributed by atoms with Gasteiger partial charge in [-0.15, -0.1) is 5.10 Å². The Kier molecular flexibility index (Phi) is 5.04. The molecule has 0 saturated heterocycles. The van der Waals surface area contributed by atoms with Gasteiger partial charge in [0.1, 0.15) is 4.90 Å². The van der Waals surface area contributed by atoms with Crippen LogP contribution < -0.4 is 10.0 Å². The number of aromatic nitrogens is 5. The van der Waals surface area contributed by atoms with Gasteiger partial charge in [0.15, 0.2) is 0 Å². The van der Waals surface area contributed by atoms with Gasteiger partial charge in [0.2, 0.25) is 10.0 Å². The number of aromatic amines is 1. The molecule has 2 aromatic rings. The third kappa shape index (κ3) is 3.86. The molecule has 0 spiro atoms. The molecule has 9 nitrogen and oxygen atoms in total. The van der Waals surface area contributed by atoms with Gasteiger partial charge in [-0.05, 0) is 20.4 Å². The molecule has 0 bridgehead atoms. The summed E-state index contributed by atoms with van der Waals surface area (Å²) >= 11 is 0.